The van der Waals surface area contributed by atoms with E-state index in [0.29, 0.717) is 35.2 Å². The summed E-state index contributed by atoms with van der Waals surface area (Å²) in [5, 5.41) is 0. The fourth-order valence-corrected chi connectivity index (χ4v) is 2.91. The summed E-state index contributed by atoms with van der Waals surface area (Å²) in [6, 6.07) is 12.1. The van der Waals surface area contributed by atoms with Crippen LogP contribution in [0.25, 0.3) is 0 Å². The van der Waals surface area contributed by atoms with Crippen molar-refractivity contribution < 1.29 is 23.2 Å². The van der Waals surface area contributed by atoms with Gasteiger partial charge in [-0.3, -0.25) is 4.21 Å². The van der Waals surface area contributed by atoms with Gasteiger partial charge in [0.2, 0.25) is 0 Å². The van der Waals surface area contributed by atoms with Crippen LogP contribution >= 0.6 is 0 Å². The highest BCUT2D eigenvalue weighted by Gasteiger charge is 2.18. The van der Waals surface area contributed by atoms with Gasteiger partial charge in [-0.2, -0.15) is 0 Å². The zero-order valence-electron chi connectivity index (χ0n) is 13.5. The Kier molecular flexibility index (Phi) is 4.85. The molecule has 0 spiro atoms. The fraction of sp³-hybridized carbons (Fsp3) is 0.278. The monoisotopic (exact) mass is 346 g/mol. The summed E-state index contributed by atoms with van der Waals surface area (Å²) in [5.41, 5.74) is 1.26. The number of carbonyl (C=O) groups excluding carboxylic acids is 1. The van der Waals surface area contributed by atoms with Crippen LogP contribution in [0.2, 0.25) is 0 Å². The van der Waals surface area contributed by atoms with Crippen molar-refractivity contribution in [3.05, 3.63) is 53.6 Å². The lowest BCUT2D eigenvalue weighted by Crippen LogP contribution is -2.16. The van der Waals surface area contributed by atoms with Gasteiger partial charge in [0.25, 0.3) is 0 Å². The predicted octanol–water partition coefficient (Wildman–Crippen LogP) is 3.11. The van der Waals surface area contributed by atoms with E-state index in [2.05, 4.69) is 0 Å². The van der Waals surface area contributed by atoms with Crippen LogP contribution in [0.1, 0.15) is 28.9 Å². The number of benzene rings is 2. The molecule has 0 unspecified atom stereocenters. The van der Waals surface area contributed by atoms with Crippen LogP contribution in [0.5, 0.6) is 11.5 Å². The van der Waals surface area contributed by atoms with E-state index in [1.165, 1.54) is 0 Å². The molecular formula is C18H18O5S. The van der Waals surface area contributed by atoms with Crippen molar-refractivity contribution in [2.24, 2.45) is 0 Å². The van der Waals surface area contributed by atoms with Crippen LogP contribution in [0, 0.1) is 0 Å². The van der Waals surface area contributed by atoms with Crippen molar-refractivity contribution in [3.63, 3.8) is 0 Å². The molecule has 1 aliphatic heterocycles. The first-order valence-corrected chi connectivity index (χ1v) is 9.14. The Morgan fingerprint density at radius 3 is 2.42 bits per heavy atom. The van der Waals surface area contributed by atoms with Gasteiger partial charge in [-0.25, -0.2) is 4.79 Å². The summed E-state index contributed by atoms with van der Waals surface area (Å²) in [6.45, 7) is 2.85. The third-order valence-electron chi connectivity index (χ3n) is 3.74. The van der Waals surface area contributed by atoms with Gasteiger partial charge in [0.15, 0.2) is 11.5 Å². The van der Waals surface area contributed by atoms with E-state index in [9.17, 15) is 9.00 Å². The van der Waals surface area contributed by atoms with Crippen molar-refractivity contribution >= 4 is 16.8 Å². The molecule has 2 atom stereocenters. The molecule has 0 N–H and O–H groups in total. The Morgan fingerprint density at radius 2 is 1.75 bits per heavy atom. The first-order chi connectivity index (χ1) is 11.5. The molecule has 0 radical (unpaired) electrons. The zero-order valence-corrected chi connectivity index (χ0v) is 14.3. The molecule has 0 aromatic heterocycles. The maximum Gasteiger partial charge on any atom is 0.338 e. The summed E-state index contributed by atoms with van der Waals surface area (Å²) in [5.74, 6) is 0.939. The number of hydrogen-bond acceptors (Lipinski definition) is 5. The third kappa shape index (κ3) is 3.59. The summed E-state index contributed by atoms with van der Waals surface area (Å²) >= 11 is 0. The Hall–Kier alpha value is -2.34. The molecule has 0 bridgehead atoms. The largest absolute Gasteiger partial charge is 0.486 e. The second-order valence-corrected chi connectivity index (χ2v) is 6.81. The number of ether oxygens (including phenoxy) is 3. The molecule has 0 aliphatic carbocycles. The van der Waals surface area contributed by atoms with Crippen LogP contribution in [0.4, 0.5) is 0 Å². The number of carbonyl (C=O) groups is 1. The van der Waals surface area contributed by atoms with Crippen LogP contribution in [0.15, 0.2) is 47.4 Å². The molecular weight excluding hydrogens is 328 g/mol. The lowest BCUT2D eigenvalue weighted by atomic mass is 10.1. The highest BCUT2D eigenvalue weighted by molar-refractivity contribution is 7.84. The van der Waals surface area contributed by atoms with E-state index >= 15 is 0 Å². The van der Waals surface area contributed by atoms with E-state index in [1.807, 2.05) is 18.2 Å². The van der Waals surface area contributed by atoms with Gasteiger partial charge >= 0.3 is 5.97 Å². The minimum Gasteiger partial charge on any atom is -0.486 e. The second-order valence-electron chi connectivity index (χ2n) is 5.43. The molecule has 0 saturated heterocycles. The molecule has 1 heterocycles. The lowest BCUT2D eigenvalue weighted by molar-refractivity contribution is 0.0336. The van der Waals surface area contributed by atoms with Crippen molar-refractivity contribution in [3.8, 4) is 11.5 Å². The molecule has 6 heteroatoms. The second kappa shape index (κ2) is 7.05. The average molecular weight is 346 g/mol. The minimum atomic E-state index is -1.07. The minimum absolute atomic E-state index is 0.423. The molecule has 2 aromatic carbocycles. The summed E-state index contributed by atoms with van der Waals surface area (Å²) in [7, 11) is -1.07. The zero-order chi connectivity index (χ0) is 17.1. The van der Waals surface area contributed by atoms with Crippen molar-refractivity contribution in [1.82, 2.24) is 0 Å². The van der Waals surface area contributed by atoms with Crippen LogP contribution in [-0.4, -0.2) is 29.6 Å². The van der Waals surface area contributed by atoms with Gasteiger partial charge in [-0.1, -0.05) is 6.07 Å². The van der Waals surface area contributed by atoms with Crippen molar-refractivity contribution in [2.75, 3.05) is 19.5 Å². The number of esters is 1. The van der Waals surface area contributed by atoms with Gasteiger partial charge in [-0.05, 0) is 48.9 Å². The number of rotatable bonds is 4. The van der Waals surface area contributed by atoms with Crippen LogP contribution < -0.4 is 9.47 Å². The molecule has 0 saturated carbocycles. The van der Waals surface area contributed by atoms with Gasteiger partial charge < -0.3 is 14.2 Å². The molecule has 5 nitrogen and oxygen atoms in total. The topological polar surface area (TPSA) is 61.8 Å². The smallest absolute Gasteiger partial charge is 0.338 e. The molecule has 3 rings (SSSR count). The molecule has 24 heavy (non-hydrogen) atoms. The van der Waals surface area contributed by atoms with Crippen molar-refractivity contribution in [1.29, 1.82) is 0 Å². The highest BCUT2D eigenvalue weighted by Crippen LogP contribution is 2.33. The summed E-state index contributed by atoms with van der Waals surface area (Å²) in [6.07, 6.45) is 1.17. The van der Waals surface area contributed by atoms with Gasteiger partial charge in [-0.15, -0.1) is 0 Å². The van der Waals surface area contributed by atoms with E-state index in [1.54, 1.807) is 37.4 Å². The SMILES string of the molecule is C[C@@H](OC(=O)c1ccc([S@@](C)=O)cc1)c1ccc2c(c1)OCCO2. The highest BCUT2D eigenvalue weighted by atomic mass is 32.2. The number of hydrogen-bond donors (Lipinski definition) is 0. The maximum atomic E-state index is 12.2. The summed E-state index contributed by atoms with van der Waals surface area (Å²) < 4.78 is 27.9. The van der Waals surface area contributed by atoms with Crippen LogP contribution in [-0.2, 0) is 15.5 Å². The van der Waals surface area contributed by atoms with E-state index in [4.69, 9.17) is 14.2 Å². The van der Waals surface area contributed by atoms with Crippen molar-refractivity contribution in [2.45, 2.75) is 17.9 Å². The van der Waals surface area contributed by atoms with E-state index in [0.717, 1.165) is 5.56 Å². The lowest BCUT2D eigenvalue weighted by Gasteiger charge is -2.20. The van der Waals surface area contributed by atoms with E-state index in [-0.39, 0.29) is 0 Å². The molecule has 2 aromatic rings. The Morgan fingerprint density at radius 1 is 1.08 bits per heavy atom. The third-order valence-corrected chi connectivity index (χ3v) is 4.68. The Labute approximate surface area is 143 Å². The quantitative estimate of drug-likeness (QED) is 0.796. The van der Waals surface area contributed by atoms with Gasteiger partial charge in [0.05, 0.1) is 5.56 Å². The summed E-state index contributed by atoms with van der Waals surface area (Å²) in [4.78, 5) is 12.9. The average Bonchev–Trinajstić information content (AvgIpc) is 2.61. The van der Waals surface area contributed by atoms with Gasteiger partial charge in [0, 0.05) is 22.0 Å². The standard InChI is InChI=1S/C18H18O5S/c1-12(14-5-8-16-17(11-14)22-10-9-21-16)23-18(19)13-3-6-15(7-4-13)24(2)20/h3-8,11-12H,9-10H2,1-2H3/t12-,24-/m1/s1. The molecule has 1 aliphatic rings. The first kappa shape index (κ1) is 16.5. The molecule has 126 valence electrons. The molecule has 0 amide bonds. The first-order valence-electron chi connectivity index (χ1n) is 7.58. The maximum absolute atomic E-state index is 12.2. The van der Waals surface area contributed by atoms with Crippen LogP contribution in [0.3, 0.4) is 0 Å². The Balaban J connectivity index is 1.70. The van der Waals surface area contributed by atoms with Gasteiger partial charge in [0.1, 0.15) is 19.3 Å². The predicted molar refractivity (Wildman–Crippen MR) is 90.0 cm³/mol. The fourth-order valence-electron chi connectivity index (χ4n) is 2.39. The van der Waals surface area contributed by atoms with E-state index < -0.39 is 22.9 Å². The molecule has 0 fully saturated rings. The number of fused-ring (bicyclic) bond motifs is 1. The Bertz CT molecular complexity index is 769. The normalized spacial score (nSPS) is 15.4.